The van der Waals surface area contributed by atoms with Gasteiger partial charge in [-0.25, -0.2) is 0 Å². The molecule has 348 valence electrons. The Morgan fingerprint density at radius 3 is 1.20 bits per heavy atom. The molecule has 0 aromatic rings. The highest BCUT2D eigenvalue weighted by Gasteiger charge is 2.17. The van der Waals surface area contributed by atoms with Crippen LogP contribution in [-0.2, 0) is 23.8 Å². The van der Waals surface area contributed by atoms with Gasteiger partial charge in [-0.1, -0.05) is 236 Å². The van der Waals surface area contributed by atoms with Gasteiger partial charge in [0, 0.05) is 19.4 Å². The van der Waals surface area contributed by atoms with Crippen molar-refractivity contribution in [2.24, 2.45) is 0 Å². The number of carbonyl (C=O) groups is 2. The number of carbonyl (C=O) groups excluding carboxylic acids is 2. The minimum atomic E-state index is -0.544. The highest BCUT2D eigenvalue weighted by molar-refractivity contribution is 5.70. The lowest BCUT2D eigenvalue weighted by atomic mass is 10.0. The molecule has 0 spiro atoms. The van der Waals surface area contributed by atoms with Crippen molar-refractivity contribution in [1.29, 1.82) is 0 Å². The standard InChI is InChI=1S/C55H98O5/c1-4-7-10-13-15-17-19-21-23-25-27-29-31-33-35-37-39-41-44-47-50-58-51-53(60-55(57)49-46-42-12-9-6-3)52-59-54(56)48-45-43-40-38-36-34-32-30-28-26-24-22-20-18-16-14-11-8-5-2/h7,10,15,17,21,23,27,29,33,35,53H,4-6,8-9,11-14,16,18-20,22,24-26,28,30-32,34,36-52H2,1-3H3/b10-7-,17-15-,23-21-,29-27-,35-33-. The molecular formula is C55H98O5. The summed E-state index contributed by atoms with van der Waals surface area (Å²) in [6, 6.07) is 0. The Kier molecular flexibility index (Phi) is 48.9. The van der Waals surface area contributed by atoms with Crippen molar-refractivity contribution in [1.82, 2.24) is 0 Å². The minimum absolute atomic E-state index is 0.0762. The van der Waals surface area contributed by atoms with Crippen LogP contribution in [0.15, 0.2) is 60.8 Å². The zero-order valence-corrected chi connectivity index (χ0v) is 40.0. The summed E-state index contributed by atoms with van der Waals surface area (Å²) in [6.07, 6.45) is 64.1. The summed E-state index contributed by atoms with van der Waals surface area (Å²) in [5.74, 6) is -0.417. The van der Waals surface area contributed by atoms with Gasteiger partial charge in [0.1, 0.15) is 6.61 Å². The second kappa shape index (κ2) is 51.0. The topological polar surface area (TPSA) is 61.8 Å². The van der Waals surface area contributed by atoms with Crippen molar-refractivity contribution >= 4 is 11.9 Å². The molecular weight excluding hydrogens is 741 g/mol. The fourth-order valence-corrected chi connectivity index (χ4v) is 7.24. The predicted octanol–water partition coefficient (Wildman–Crippen LogP) is 17.3. The lowest BCUT2D eigenvalue weighted by Crippen LogP contribution is -2.30. The Morgan fingerprint density at radius 2 is 0.750 bits per heavy atom. The molecule has 60 heavy (non-hydrogen) atoms. The molecule has 0 saturated carbocycles. The first-order chi connectivity index (χ1) is 29.6. The van der Waals surface area contributed by atoms with E-state index in [1.165, 1.54) is 135 Å². The van der Waals surface area contributed by atoms with E-state index in [0.717, 1.165) is 83.5 Å². The number of unbranched alkanes of at least 4 members (excludes halogenated alkanes) is 26. The molecule has 5 nitrogen and oxygen atoms in total. The minimum Gasteiger partial charge on any atom is -0.462 e. The smallest absolute Gasteiger partial charge is 0.306 e. The Balaban J connectivity index is 4.04. The van der Waals surface area contributed by atoms with Gasteiger partial charge in [-0.05, 0) is 64.2 Å². The van der Waals surface area contributed by atoms with Crippen LogP contribution in [0.3, 0.4) is 0 Å². The first-order valence-electron chi connectivity index (χ1n) is 25.8. The number of allylic oxidation sites excluding steroid dienone is 10. The molecule has 0 radical (unpaired) electrons. The monoisotopic (exact) mass is 839 g/mol. The second-order valence-corrected chi connectivity index (χ2v) is 17.1. The Hall–Kier alpha value is -2.40. The summed E-state index contributed by atoms with van der Waals surface area (Å²) in [7, 11) is 0. The highest BCUT2D eigenvalue weighted by atomic mass is 16.6. The van der Waals surface area contributed by atoms with Gasteiger partial charge in [0.25, 0.3) is 0 Å². The van der Waals surface area contributed by atoms with Crippen LogP contribution >= 0.6 is 0 Å². The molecule has 0 aromatic heterocycles. The summed E-state index contributed by atoms with van der Waals surface area (Å²) in [5.41, 5.74) is 0. The lowest BCUT2D eigenvalue weighted by Gasteiger charge is -2.18. The maximum Gasteiger partial charge on any atom is 0.306 e. The van der Waals surface area contributed by atoms with Gasteiger partial charge in [0.05, 0.1) is 6.61 Å². The number of esters is 2. The summed E-state index contributed by atoms with van der Waals surface area (Å²) < 4.78 is 17.3. The van der Waals surface area contributed by atoms with E-state index in [4.69, 9.17) is 14.2 Å². The van der Waals surface area contributed by atoms with Gasteiger partial charge in [0.2, 0.25) is 0 Å². The molecule has 0 aliphatic rings. The SMILES string of the molecule is CC/C=C\C/C=C\C/C=C\C/C=C\C/C=C\CCCCCCOCC(COC(=O)CCCCCCCCCCCCCCCCCCCCC)OC(=O)CCCCCCC. The van der Waals surface area contributed by atoms with Crippen molar-refractivity contribution < 1.29 is 23.8 Å². The molecule has 0 N–H and O–H groups in total. The van der Waals surface area contributed by atoms with E-state index in [1.54, 1.807) is 0 Å². The third-order valence-electron chi connectivity index (χ3n) is 11.1. The van der Waals surface area contributed by atoms with Gasteiger partial charge >= 0.3 is 11.9 Å². The molecule has 0 aliphatic heterocycles. The van der Waals surface area contributed by atoms with Crippen LogP contribution in [0.25, 0.3) is 0 Å². The molecule has 0 saturated heterocycles. The molecule has 0 bridgehead atoms. The van der Waals surface area contributed by atoms with Crippen molar-refractivity contribution in [3.8, 4) is 0 Å². The zero-order chi connectivity index (χ0) is 43.5. The predicted molar refractivity (Wildman–Crippen MR) is 261 cm³/mol. The fourth-order valence-electron chi connectivity index (χ4n) is 7.24. The van der Waals surface area contributed by atoms with Crippen LogP contribution in [0.1, 0.15) is 252 Å². The maximum absolute atomic E-state index is 12.6. The largest absolute Gasteiger partial charge is 0.462 e. The van der Waals surface area contributed by atoms with Crippen LogP contribution in [0.4, 0.5) is 0 Å². The van der Waals surface area contributed by atoms with E-state index in [2.05, 4.69) is 81.5 Å². The molecule has 1 unspecified atom stereocenters. The molecule has 0 aliphatic carbocycles. The van der Waals surface area contributed by atoms with E-state index < -0.39 is 6.10 Å². The second-order valence-electron chi connectivity index (χ2n) is 17.1. The third-order valence-corrected chi connectivity index (χ3v) is 11.1. The van der Waals surface area contributed by atoms with Crippen LogP contribution in [0.2, 0.25) is 0 Å². The van der Waals surface area contributed by atoms with E-state index in [0.29, 0.717) is 19.4 Å². The molecule has 0 aromatic carbocycles. The first kappa shape index (κ1) is 57.6. The summed E-state index contributed by atoms with van der Waals surface area (Å²) in [6.45, 7) is 7.61. The fraction of sp³-hybridized carbons (Fsp3) is 0.782. The maximum atomic E-state index is 12.6. The van der Waals surface area contributed by atoms with Gasteiger partial charge in [-0.15, -0.1) is 0 Å². The Morgan fingerprint density at radius 1 is 0.383 bits per heavy atom. The van der Waals surface area contributed by atoms with E-state index in [1.807, 2.05) is 0 Å². The zero-order valence-electron chi connectivity index (χ0n) is 40.0. The van der Waals surface area contributed by atoms with E-state index >= 15 is 0 Å². The number of hydrogen-bond acceptors (Lipinski definition) is 5. The average molecular weight is 839 g/mol. The van der Waals surface area contributed by atoms with Crippen LogP contribution in [0.5, 0.6) is 0 Å². The van der Waals surface area contributed by atoms with Crippen molar-refractivity contribution in [3.05, 3.63) is 60.8 Å². The summed E-state index contributed by atoms with van der Waals surface area (Å²) in [4.78, 5) is 25.1. The highest BCUT2D eigenvalue weighted by Crippen LogP contribution is 2.16. The number of ether oxygens (including phenoxy) is 3. The van der Waals surface area contributed by atoms with Crippen LogP contribution in [-0.4, -0.2) is 37.9 Å². The quantitative estimate of drug-likeness (QED) is 0.0347. The number of hydrogen-bond donors (Lipinski definition) is 0. The third kappa shape index (κ3) is 48.3. The molecule has 0 rings (SSSR count). The first-order valence-corrected chi connectivity index (χ1v) is 25.8. The summed E-state index contributed by atoms with van der Waals surface area (Å²) >= 11 is 0. The van der Waals surface area contributed by atoms with Crippen molar-refractivity contribution in [2.45, 2.75) is 258 Å². The molecule has 0 heterocycles. The van der Waals surface area contributed by atoms with Gasteiger partial charge < -0.3 is 14.2 Å². The van der Waals surface area contributed by atoms with Crippen LogP contribution < -0.4 is 0 Å². The molecule has 0 amide bonds. The normalized spacial score (nSPS) is 12.7. The molecule has 1 atom stereocenters. The van der Waals surface area contributed by atoms with Gasteiger partial charge in [0.15, 0.2) is 6.10 Å². The lowest BCUT2D eigenvalue weighted by molar-refractivity contribution is -0.163. The molecule has 0 fully saturated rings. The van der Waals surface area contributed by atoms with Gasteiger partial charge in [-0.2, -0.15) is 0 Å². The molecule has 5 heteroatoms. The van der Waals surface area contributed by atoms with Crippen molar-refractivity contribution in [2.75, 3.05) is 19.8 Å². The number of rotatable bonds is 47. The van der Waals surface area contributed by atoms with E-state index in [-0.39, 0.29) is 25.2 Å². The average Bonchev–Trinajstić information content (AvgIpc) is 3.25. The van der Waals surface area contributed by atoms with Gasteiger partial charge in [-0.3, -0.25) is 9.59 Å². The Labute approximate surface area is 373 Å². The Bertz CT molecular complexity index is 1040. The van der Waals surface area contributed by atoms with E-state index in [9.17, 15) is 9.59 Å². The van der Waals surface area contributed by atoms with Crippen LogP contribution in [0, 0.1) is 0 Å². The summed E-state index contributed by atoms with van der Waals surface area (Å²) in [5, 5.41) is 0. The van der Waals surface area contributed by atoms with Crippen molar-refractivity contribution in [3.63, 3.8) is 0 Å².